The first-order valence-corrected chi connectivity index (χ1v) is 10.5. The van der Waals surface area contributed by atoms with E-state index in [1.807, 2.05) is 56.3 Å². The van der Waals surface area contributed by atoms with Crippen molar-refractivity contribution in [2.24, 2.45) is 0 Å². The van der Waals surface area contributed by atoms with E-state index in [4.69, 9.17) is 4.74 Å². The SMILES string of the molecule is COc1ccc(CCN(CC(=O)Nc2ccc(C)cc2C)S(C)(=O)=O)cc1. The summed E-state index contributed by atoms with van der Waals surface area (Å²) < 4.78 is 30.5. The third-order valence-corrected chi connectivity index (χ3v) is 5.50. The summed E-state index contributed by atoms with van der Waals surface area (Å²) >= 11 is 0. The van der Waals surface area contributed by atoms with Gasteiger partial charge in [-0.15, -0.1) is 0 Å². The summed E-state index contributed by atoms with van der Waals surface area (Å²) in [5.41, 5.74) is 3.70. The van der Waals surface area contributed by atoms with Crippen LogP contribution in [0.2, 0.25) is 0 Å². The average Bonchev–Trinajstić information content (AvgIpc) is 2.60. The van der Waals surface area contributed by atoms with Gasteiger partial charge in [-0.3, -0.25) is 4.79 Å². The van der Waals surface area contributed by atoms with Crippen LogP contribution >= 0.6 is 0 Å². The standard InChI is InChI=1S/C20H26N2O4S/c1-15-5-10-19(16(2)13-15)21-20(23)14-22(27(4,24)25)12-11-17-6-8-18(26-3)9-7-17/h5-10,13H,11-12,14H2,1-4H3,(H,21,23). The number of rotatable bonds is 8. The van der Waals surface area contributed by atoms with Gasteiger partial charge in [0.05, 0.1) is 19.9 Å². The number of ether oxygens (including phenoxy) is 1. The van der Waals surface area contributed by atoms with Crippen molar-refractivity contribution in [2.45, 2.75) is 20.3 Å². The molecule has 2 rings (SSSR count). The number of hydrogen-bond acceptors (Lipinski definition) is 4. The van der Waals surface area contributed by atoms with Crippen LogP contribution in [0.25, 0.3) is 0 Å². The van der Waals surface area contributed by atoms with E-state index in [1.165, 1.54) is 4.31 Å². The number of amides is 1. The van der Waals surface area contributed by atoms with Gasteiger partial charge in [-0.05, 0) is 49.6 Å². The van der Waals surface area contributed by atoms with Crippen LogP contribution in [0.1, 0.15) is 16.7 Å². The molecule has 0 heterocycles. The fraction of sp³-hybridized carbons (Fsp3) is 0.350. The van der Waals surface area contributed by atoms with Crippen molar-refractivity contribution in [1.29, 1.82) is 0 Å². The number of nitrogens with one attached hydrogen (secondary N) is 1. The lowest BCUT2D eigenvalue weighted by atomic mass is 10.1. The van der Waals surface area contributed by atoms with E-state index in [2.05, 4.69) is 5.32 Å². The Hall–Kier alpha value is -2.38. The maximum absolute atomic E-state index is 12.4. The highest BCUT2D eigenvalue weighted by atomic mass is 32.2. The molecule has 0 aliphatic heterocycles. The van der Waals surface area contributed by atoms with E-state index in [9.17, 15) is 13.2 Å². The summed E-state index contributed by atoms with van der Waals surface area (Å²) in [6.45, 7) is 3.89. The number of aryl methyl sites for hydroxylation is 2. The second-order valence-electron chi connectivity index (χ2n) is 6.56. The monoisotopic (exact) mass is 390 g/mol. The minimum Gasteiger partial charge on any atom is -0.497 e. The number of methoxy groups -OCH3 is 1. The number of benzene rings is 2. The molecule has 0 aliphatic carbocycles. The van der Waals surface area contributed by atoms with Crippen molar-refractivity contribution in [1.82, 2.24) is 4.31 Å². The molecule has 6 nitrogen and oxygen atoms in total. The highest BCUT2D eigenvalue weighted by molar-refractivity contribution is 7.88. The molecule has 0 saturated heterocycles. The van der Waals surface area contributed by atoms with Gasteiger partial charge in [0.25, 0.3) is 0 Å². The molecule has 0 aliphatic rings. The third kappa shape index (κ3) is 6.37. The Morgan fingerprint density at radius 1 is 1.11 bits per heavy atom. The maximum atomic E-state index is 12.4. The van der Waals surface area contributed by atoms with Crippen LogP contribution in [0.15, 0.2) is 42.5 Å². The van der Waals surface area contributed by atoms with Crippen molar-refractivity contribution < 1.29 is 17.9 Å². The van der Waals surface area contributed by atoms with E-state index in [1.54, 1.807) is 7.11 Å². The number of sulfonamides is 1. The van der Waals surface area contributed by atoms with Crippen LogP contribution in [0, 0.1) is 13.8 Å². The van der Waals surface area contributed by atoms with Gasteiger partial charge in [-0.1, -0.05) is 29.8 Å². The zero-order valence-corrected chi connectivity index (χ0v) is 17.0. The third-order valence-electron chi connectivity index (χ3n) is 4.25. The van der Waals surface area contributed by atoms with Crippen LogP contribution in [-0.2, 0) is 21.2 Å². The Kier molecular flexibility index (Phi) is 6.98. The molecule has 0 fully saturated rings. The topological polar surface area (TPSA) is 75.7 Å². The first-order chi connectivity index (χ1) is 12.7. The first kappa shape index (κ1) is 20.9. The molecule has 0 bridgehead atoms. The van der Waals surface area contributed by atoms with Crippen LogP contribution in [0.5, 0.6) is 5.75 Å². The average molecular weight is 391 g/mol. The van der Waals surface area contributed by atoms with Gasteiger partial charge in [0, 0.05) is 12.2 Å². The zero-order chi connectivity index (χ0) is 20.0. The van der Waals surface area contributed by atoms with Crippen LogP contribution in [-0.4, -0.2) is 45.1 Å². The van der Waals surface area contributed by atoms with E-state index in [0.717, 1.165) is 28.7 Å². The summed E-state index contributed by atoms with van der Waals surface area (Å²) in [7, 11) is -1.91. The summed E-state index contributed by atoms with van der Waals surface area (Å²) in [6, 6.07) is 13.1. The number of nitrogens with zero attached hydrogens (tertiary/aromatic N) is 1. The largest absolute Gasteiger partial charge is 0.497 e. The molecule has 146 valence electrons. The molecule has 0 saturated carbocycles. The molecule has 1 amide bonds. The first-order valence-electron chi connectivity index (χ1n) is 8.64. The predicted molar refractivity (Wildman–Crippen MR) is 108 cm³/mol. The number of hydrogen-bond donors (Lipinski definition) is 1. The fourth-order valence-electron chi connectivity index (χ4n) is 2.71. The zero-order valence-electron chi connectivity index (χ0n) is 16.2. The van der Waals surface area contributed by atoms with Crippen molar-refractivity contribution in [3.8, 4) is 5.75 Å². The molecule has 0 aromatic heterocycles. The Morgan fingerprint density at radius 3 is 2.33 bits per heavy atom. The van der Waals surface area contributed by atoms with Crippen LogP contribution in [0.3, 0.4) is 0 Å². The smallest absolute Gasteiger partial charge is 0.239 e. The van der Waals surface area contributed by atoms with Gasteiger partial charge in [-0.25, -0.2) is 8.42 Å². The lowest BCUT2D eigenvalue weighted by Gasteiger charge is -2.20. The molecule has 0 radical (unpaired) electrons. The van der Waals surface area contributed by atoms with Crippen molar-refractivity contribution in [2.75, 3.05) is 31.8 Å². The fourth-order valence-corrected chi connectivity index (χ4v) is 3.49. The molecule has 1 N–H and O–H groups in total. The number of carbonyl (C=O) groups is 1. The summed E-state index contributed by atoms with van der Waals surface area (Å²) in [5.74, 6) is 0.383. The van der Waals surface area contributed by atoms with Gasteiger partial charge in [0.1, 0.15) is 5.75 Å². The predicted octanol–water partition coefficient (Wildman–Crippen LogP) is 2.75. The normalized spacial score (nSPS) is 11.4. The van der Waals surface area contributed by atoms with Crippen LogP contribution < -0.4 is 10.1 Å². The van der Waals surface area contributed by atoms with Crippen LogP contribution in [0.4, 0.5) is 5.69 Å². The van der Waals surface area contributed by atoms with Crippen molar-refractivity contribution >= 4 is 21.6 Å². The second-order valence-corrected chi connectivity index (χ2v) is 8.54. The van der Waals surface area contributed by atoms with Gasteiger partial charge in [0.2, 0.25) is 15.9 Å². The lowest BCUT2D eigenvalue weighted by molar-refractivity contribution is -0.116. The molecule has 2 aromatic rings. The molecule has 0 unspecified atom stereocenters. The molecular weight excluding hydrogens is 364 g/mol. The summed E-state index contributed by atoms with van der Waals surface area (Å²) in [5, 5.41) is 2.79. The molecule has 0 spiro atoms. The van der Waals surface area contributed by atoms with Gasteiger partial charge in [0.15, 0.2) is 0 Å². The molecule has 2 aromatic carbocycles. The van der Waals surface area contributed by atoms with Crippen molar-refractivity contribution in [3.05, 3.63) is 59.2 Å². The Bertz CT molecular complexity index is 893. The molecular formula is C20H26N2O4S. The Balaban J connectivity index is 2.01. The maximum Gasteiger partial charge on any atom is 0.239 e. The lowest BCUT2D eigenvalue weighted by Crippen LogP contribution is -2.38. The highest BCUT2D eigenvalue weighted by Crippen LogP contribution is 2.16. The summed E-state index contributed by atoms with van der Waals surface area (Å²) in [6.07, 6.45) is 1.62. The molecule has 0 atom stereocenters. The Labute approximate surface area is 161 Å². The molecule has 7 heteroatoms. The number of anilines is 1. The highest BCUT2D eigenvalue weighted by Gasteiger charge is 2.20. The summed E-state index contributed by atoms with van der Waals surface area (Å²) in [4.78, 5) is 12.4. The van der Waals surface area contributed by atoms with Gasteiger partial charge in [-0.2, -0.15) is 4.31 Å². The van der Waals surface area contributed by atoms with Gasteiger partial charge >= 0.3 is 0 Å². The van der Waals surface area contributed by atoms with E-state index in [-0.39, 0.29) is 19.0 Å². The Morgan fingerprint density at radius 2 is 1.78 bits per heavy atom. The second kappa shape index (κ2) is 9.01. The van der Waals surface area contributed by atoms with Crippen molar-refractivity contribution in [3.63, 3.8) is 0 Å². The van der Waals surface area contributed by atoms with E-state index >= 15 is 0 Å². The molecule has 27 heavy (non-hydrogen) atoms. The van der Waals surface area contributed by atoms with E-state index in [0.29, 0.717) is 12.1 Å². The van der Waals surface area contributed by atoms with Gasteiger partial charge < -0.3 is 10.1 Å². The number of carbonyl (C=O) groups excluding carboxylic acids is 1. The minimum absolute atomic E-state index is 0.220. The minimum atomic E-state index is -3.50. The quantitative estimate of drug-likeness (QED) is 0.752. The van der Waals surface area contributed by atoms with E-state index < -0.39 is 10.0 Å².